The van der Waals surface area contributed by atoms with Gasteiger partial charge in [-0.15, -0.1) is 5.11 Å². The third kappa shape index (κ3) is 4.89. The molecule has 0 unspecified atom stereocenters. The molecule has 23 heavy (non-hydrogen) atoms. The lowest BCUT2D eigenvalue weighted by Gasteiger charge is -2.15. The van der Waals surface area contributed by atoms with Crippen LogP contribution in [-0.2, 0) is 9.59 Å². The molecule has 0 spiro atoms. The molecule has 0 heterocycles. The number of hydrogen-bond acceptors (Lipinski definition) is 5. The summed E-state index contributed by atoms with van der Waals surface area (Å²) >= 11 is 5.81. The molecule has 0 aliphatic rings. The highest BCUT2D eigenvalue weighted by molar-refractivity contribution is 6.30. The van der Waals surface area contributed by atoms with E-state index < -0.39 is 5.91 Å². The molecule has 2 rings (SSSR count). The highest BCUT2D eigenvalue weighted by Gasteiger charge is 2.17. The number of amides is 1. The van der Waals surface area contributed by atoms with E-state index in [1.807, 2.05) is 0 Å². The second-order valence-electron chi connectivity index (χ2n) is 4.84. The minimum Gasteiger partial charge on any atom is -0.399 e. The van der Waals surface area contributed by atoms with Gasteiger partial charge in [0, 0.05) is 10.7 Å². The zero-order chi connectivity index (χ0) is 16.8. The molecule has 1 amide bonds. The number of nitrogens with two attached hydrogens (primary N) is 1. The third-order valence-electron chi connectivity index (χ3n) is 2.85. The SMILES string of the molecule is CC(=O)CC(=O)N(N=Nc1ccc(Cl)cc1)c1ccc(N)cc1. The smallest absolute Gasteiger partial charge is 0.256 e. The quantitative estimate of drug-likeness (QED) is 0.390. The van der Waals surface area contributed by atoms with Gasteiger partial charge in [0.15, 0.2) is 0 Å². The van der Waals surface area contributed by atoms with Crippen molar-refractivity contribution in [2.45, 2.75) is 13.3 Å². The van der Waals surface area contributed by atoms with Crippen LogP contribution in [0, 0.1) is 0 Å². The van der Waals surface area contributed by atoms with Crippen LogP contribution in [0.1, 0.15) is 13.3 Å². The van der Waals surface area contributed by atoms with Crippen LogP contribution in [0.4, 0.5) is 17.1 Å². The molecule has 2 N–H and O–H groups in total. The summed E-state index contributed by atoms with van der Waals surface area (Å²) in [5, 5.41) is 9.61. The van der Waals surface area contributed by atoms with Crippen molar-refractivity contribution in [2.24, 2.45) is 10.3 Å². The van der Waals surface area contributed by atoms with Crippen LogP contribution < -0.4 is 10.7 Å². The predicted molar refractivity (Wildman–Crippen MR) is 89.6 cm³/mol. The molecule has 7 heteroatoms. The van der Waals surface area contributed by atoms with Gasteiger partial charge in [-0.25, -0.2) is 0 Å². The lowest BCUT2D eigenvalue weighted by molar-refractivity contribution is -0.125. The van der Waals surface area contributed by atoms with Gasteiger partial charge in [-0.3, -0.25) is 9.59 Å². The summed E-state index contributed by atoms with van der Waals surface area (Å²) in [6.45, 7) is 1.34. The average molecular weight is 331 g/mol. The van der Waals surface area contributed by atoms with Crippen molar-refractivity contribution in [3.05, 3.63) is 53.6 Å². The second-order valence-corrected chi connectivity index (χ2v) is 5.28. The van der Waals surface area contributed by atoms with E-state index in [9.17, 15) is 9.59 Å². The van der Waals surface area contributed by atoms with Gasteiger partial charge in [-0.1, -0.05) is 16.8 Å². The van der Waals surface area contributed by atoms with Gasteiger partial charge in [0.1, 0.15) is 5.78 Å². The Morgan fingerprint density at radius 1 is 1.09 bits per heavy atom. The van der Waals surface area contributed by atoms with Crippen molar-refractivity contribution >= 4 is 40.4 Å². The molecule has 0 aliphatic heterocycles. The van der Waals surface area contributed by atoms with Gasteiger partial charge in [-0.05, 0) is 55.5 Å². The predicted octanol–water partition coefficient (Wildman–Crippen LogP) is 3.93. The van der Waals surface area contributed by atoms with Crippen LogP contribution >= 0.6 is 11.6 Å². The van der Waals surface area contributed by atoms with Crippen LogP contribution in [-0.4, -0.2) is 11.7 Å². The van der Waals surface area contributed by atoms with E-state index >= 15 is 0 Å². The van der Waals surface area contributed by atoms with E-state index in [0.717, 1.165) is 5.01 Å². The molecular formula is C16H15ClN4O2. The van der Waals surface area contributed by atoms with Gasteiger partial charge in [-0.2, -0.15) is 5.01 Å². The van der Waals surface area contributed by atoms with E-state index in [0.29, 0.717) is 22.1 Å². The van der Waals surface area contributed by atoms with Crippen LogP contribution in [0.25, 0.3) is 0 Å². The Hall–Kier alpha value is -2.73. The van der Waals surface area contributed by atoms with E-state index in [1.54, 1.807) is 48.5 Å². The minimum atomic E-state index is -0.472. The number of carbonyl (C=O) groups excluding carboxylic acids is 2. The molecule has 2 aromatic rings. The molecule has 0 fully saturated rings. The van der Waals surface area contributed by atoms with E-state index in [4.69, 9.17) is 17.3 Å². The van der Waals surface area contributed by atoms with Gasteiger partial charge >= 0.3 is 0 Å². The molecular weight excluding hydrogens is 316 g/mol. The molecule has 0 saturated carbocycles. The number of halogens is 1. The zero-order valence-electron chi connectivity index (χ0n) is 12.4. The number of benzene rings is 2. The van der Waals surface area contributed by atoms with Crippen molar-refractivity contribution < 1.29 is 9.59 Å². The van der Waals surface area contributed by atoms with E-state index in [1.165, 1.54) is 6.92 Å². The van der Waals surface area contributed by atoms with E-state index in [-0.39, 0.29) is 12.2 Å². The summed E-state index contributed by atoms with van der Waals surface area (Å²) in [4.78, 5) is 23.4. The molecule has 0 aliphatic carbocycles. The molecule has 0 saturated heterocycles. The number of nitrogens with zero attached hydrogens (tertiary/aromatic N) is 3. The molecule has 0 radical (unpaired) electrons. The molecule has 0 aromatic heterocycles. The Morgan fingerprint density at radius 3 is 2.26 bits per heavy atom. The normalized spacial score (nSPS) is 10.7. The fourth-order valence-corrected chi connectivity index (χ4v) is 1.88. The summed E-state index contributed by atoms with van der Waals surface area (Å²) in [5.41, 5.74) is 7.20. The molecule has 0 atom stereocenters. The van der Waals surface area contributed by atoms with E-state index in [2.05, 4.69) is 10.3 Å². The summed E-state index contributed by atoms with van der Waals surface area (Å²) in [7, 11) is 0. The number of ketones is 1. The molecule has 0 bridgehead atoms. The lowest BCUT2D eigenvalue weighted by atomic mass is 10.2. The maximum atomic E-state index is 12.2. The average Bonchev–Trinajstić information content (AvgIpc) is 2.50. The summed E-state index contributed by atoms with van der Waals surface area (Å²) < 4.78 is 0. The fraction of sp³-hybridized carbons (Fsp3) is 0.125. The van der Waals surface area contributed by atoms with Crippen molar-refractivity contribution in [1.82, 2.24) is 0 Å². The first-order valence-corrected chi connectivity index (χ1v) is 7.18. The first-order chi connectivity index (χ1) is 11.0. The maximum absolute atomic E-state index is 12.2. The first kappa shape index (κ1) is 16.6. The van der Waals surface area contributed by atoms with Crippen molar-refractivity contribution in [3.8, 4) is 0 Å². The van der Waals surface area contributed by atoms with Gasteiger partial charge in [0.2, 0.25) is 0 Å². The Kier molecular flexibility index (Phi) is 5.43. The monoisotopic (exact) mass is 330 g/mol. The van der Waals surface area contributed by atoms with Gasteiger partial charge in [0.25, 0.3) is 5.91 Å². The Labute approximate surface area is 138 Å². The van der Waals surface area contributed by atoms with Crippen LogP contribution in [0.3, 0.4) is 0 Å². The number of carbonyl (C=O) groups is 2. The zero-order valence-corrected chi connectivity index (χ0v) is 13.2. The van der Waals surface area contributed by atoms with Gasteiger partial charge in [0.05, 0.1) is 17.8 Å². The highest BCUT2D eigenvalue weighted by Crippen LogP contribution is 2.21. The Balaban J connectivity index is 2.29. The molecule has 118 valence electrons. The number of anilines is 2. The largest absolute Gasteiger partial charge is 0.399 e. The van der Waals surface area contributed by atoms with Crippen molar-refractivity contribution in [2.75, 3.05) is 10.7 Å². The topological polar surface area (TPSA) is 88.1 Å². The van der Waals surface area contributed by atoms with Crippen LogP contribution in [0.2, 0.25) is 5.02 Å². The third-order valence-corrected chi connectivity index (χ3v) is 3.10. The molecule has 6 nitrogen and oxygen atoms in total. The molecule has 2 aromatic carbocycles. The summed E-state index contributed by atoms with van der Waals surface area (Å²) in [6, 6.07) is 13.2. The fourth-order valence-electron chi connectivity index (χ4n) is 1.75. The summed E-state index contributed by atoms with van der Waals surface area (Å²) in [6.07, 6.45) is -0.260. The minimum absolute atomic E-state index is 0.253. The first-order valence-electron chi connectivity index (χ1n) is 6.81. The summed E-state index contributed by atoms with van der Waals surface area (Å²) in [5.74, 6) is -0.725. The number of rotatable bonds is 5. The standard InChI is InChI=1S/C16H15ClN4O2/c1-11(22)10-16(23)21(15-8-4-13(18)5-9-15)20-19-14-6-2-12(17)3-7-14/h2-9H,10,18H2,1H3. The maximum Gasteiger partial charge on any atom is 0.256 e. The Morgan fingerprint density at radius 2 is 1.70 bits per heavy atom. The second kappa shape index (κ2) is 7.51. The Bertz CT molecular complexity index is 727. The van der Waals surface area contributed by atoms with Gasteiger partial charge < -0.3 is 5.73 Å². The lowest BCUT2D eigenvalue weighted by Crippen LogP contribution is -2.26. The van der Waals surface area contributed by atoms with Crippen molar-refractivity contribution in [1.29, 1.82) is 0 Å². The van der Waals surface area contributed by atoms with Crippen LogP contribution in [0.15, 0.2) is 58.9 Å². The number of hydrogen-bond donors (Lipinski definition) is 1. The van der Waals surface area contributed by atoms with Crippen molar-refractivity contribution in [3.63, 3.8) is 0 Å². The number of Topliss-reactive ketones (excluding diaryl/α,β-unsaturated/α-hetero) is 1. The number of nitrogen functional groups attached to an aromatic ring is 1. The highest BCUT2D eigenvalue weighted by atomic mass is 35.5. The van der Waals surface area contributed by atoms with Crippen LogP contribution in [0.5, 0.6) is 0 Å².